The van der Waals surface area contributed by atoms with Gasteiger partial charge in [0.15, 0.2) is 5.78 Å². The molecule has 0 aliphatic carbocycles. The zero-order chi connectivity index (χ0) is 11.4. The van der Waals surface area contributed by atoms with Gasteiger partial charge in [-0.3, -0.25) is 9.59 Å². The molecule has 0 fully saturated rings. The molecule has 82 valence electrons. The number of ether oxygens (including phenoxy) is 1. The van der Waals surface area contributed by atoms with Gasteiger partial charge in [-0.25, -0.2) is 0 Å². The minimum Gasteiger partial charge on any atom is -0.377 e. The number of hydrogen-bond acceptors (Lipinski definition) is 3. The summed E-state index contributed by atoms with van der Waals surface area (Å²) in [6, 6.07) is 1.72. The van der Waals surface area contributed by atoms with Crippen molar-refractivity contribution in [1.29, 1.82) is 0 Å². The van der Waals surface area contributed by atoms with Crippen LogP contribution < -0.4 is 5.56 Å². The lowest BCUT2D eigenvalue weighted by Crippen LogP contribution is -2.26. The molecule has 1 rings (SSSR count). The van der Waals surface area contributed by atoms with E-state index in [1.54, 1.807) is 19.2 Å². The minimum absolute atomic E-state index is 0.0258. The Morgan fingerprint density at radius 2 is 2.27 bits per heavy atom. The highest BCUT2D eigenvalue weighted by Crippen LogP contribution is 2.07. The van der Waals surface area contributed by atoms with Crippen molar-refractivity contribution < 1.29 is 9.53 Å². The number of carbonyl (C=O) groups is 1. The molecular formula is C10H12BrNO3. The number of carbonyl (C=O) groups excluding carboxylic acids is 1. The summed E-state index contributed by atoms with van der Waals surface area (Å²) in [6.07, 6.45) is 1.60. The van der Waals surface area contributed by atoms with Gasteiger partial charge in [0.05, 0.1) is 6.54 Å². The molecule has 4 nitrogen and oxygen atoms in total. The monoisotopic (exact) mass is 273 g/mol. The molecular weight excluding hydrogens is 262 g/mol. The van der Waals surface area contributed by atoms with E-state index in [0.717, 1.165) is 4.47 Å². The van der Waals surface area contributed by atoms with Crippen LogP contribution in [-0.2, 0) is 16.1 Å². The summed E-state index contributed by atoms with van der Waals surface area (Å²) < 4.78 is 6.86. The highest BCUT2D eigenvalue weighted by atomic mass is 79.9. The van der Waals surface area contributed by atoms with E-state index in [0.29, 0.717) is 5.56 Å². The van der Waals surface area contributed by atoms with Gasteiger partial charge in [-0.15, -0.1) is 0 Å². The molecule has 0 bridgehead atoms. The zero-order valence-corrected chi connectivity index (χ0v) is 10.2. The van der Waals surface area contributed by atoms with Crippen LogP contribution >= 0.6 is 15.9 Å². The molecule has 0 N–H and O–H groups in total. The number of aromatic nitrogens is 1. The van der Waals surface area contributed by atoms with Crippen LogP contribution in [0.1, 0.15) is 5.56 Å². The van der Waals surface area contributed by atoms with E-state index in [9.17, 15) is 9.59 Å². The maximum absolute atomic E-state index is 11.6. The Balaban J connectivity index is 2.95. The van der Waals surface area contributed by atoms with Gasteiger partial charge < -0.3 is 9.30 Å². The number of methoxy groups -OCH3 is 1. The Bertz CT molecular complexity index is 425. The van der Waals surface area contributed by atoms with E-state index in [4.69, 9.17) is 4.74 Å². The molecule has 0 radical (unpaired) electrons. The molecule has 1 aromatic rings. The fourth-order valence-corrected chi connectivity index (χ4v) is 1.84. The number of halogens is 1. The van der Waals surface area contributed by atoms with Gasteiger partial charge in [-0.2, -0.15) is 0 Å². The van der Waals surface area contributed by atoms with Gasteiger partial charge in [0.1, 0.15) is 6.61 Å². The smallest absolute Gasteiger partial charge is 0.253 e. The Kier molecular flexibility index (Phi) is 4.23. The van der Waals surface area contributed by atoms with Crippen LogP contribution in [0.5, 0.6) is 0 Å². The van der Waals surface area contributed by atoms with Crippen molar-refractivity contribution in [3.63, 3.8) is 0 Å². The van der Waals surface area contributed by atoms with E-state index in [1.807, 2.05) is 0 Å². The fourth-order valence-electron chi connectivity index (χ4n) is 1.25. The largest absolute Gasteiger partial charge is 0.377 e. The van der Waals surface area contributed by atoms with Gasteiger partial charge in [0, 0.05) is 23.3 Å². The molecule has 1 heterocycles. The summed E-state index contributed by atoms with van der Waals surface area (Å²) in [5.41, 5.74) is 0.456. The van der Waals surface area contributed by atoms with Gasteiger partial charge in [0.2, 0.25) is 0 Å². The summed E-state index contributed by atoms with van der Waals surface area (Å²) in [7, 11) is 1.45. The first-order chi connectivity index (χ1) is 7.04. The third-order valence-electron chi connectivity index (χ3n) is 1.88. The lowest BCUT2D eigenvalue weighted by atomic mass is 10.3. The second-order valence-electron chi connectivity index (χ2n) is 3.25. The highest BCUT2D eigenvalue weighted by molar-refractivity contribution is 9.10. The van der Waals surface area contributed by atoms with Crippen molar-refractivity contribution in [3.05, 3.63) is 32.7 Å². The Hall–Kier alpha value is -0.940. The Morgan fingerprint density at radius 1 is 1.60 bits per heavy atom. The summed E-state index contributed by atoms with van der Waals surface area (Å²) in [4.78, 5) is 22.9. The number of pyridine rings is 1. The molecule has 0 unspecified atom stereocenters. The molecule has 15 heavy (non-hydrogen) atoms. The van der Waals surface area contributed by atoms with E-state index in [1.165, 1.54) is 11.7 Å². The van der Waals surface area contributed by atoms with E-state index < -0.39 is 0 Å². The van der Waals surface area contributed by atoms with Crippen LogP contribution in [0.25, 0.3) is 0 Å². The van der Waals surface area contributed by atoms with Crippen molar-refractivity contribution >= 4 is 21.7 Å². The van der Waals surface area contributed by atoms with Gasteiger partial charge in [-0.05, 0) is 28.9 Å². The molecule has 0 aliphatic rings. The van der Waals surface area contributed by atoms with Gasteiger partial charge in [0.25, 0.3) is 5.56 Å². The second-order valence-corrected chi connectivity index (χ2v) is 4.16. The van der Waals surface area contributed by atoms with E-state index >= 15 is 0 Å². The lowest BCUT2D eigenvalue weighted by Gasteiger charge is -2.06. The zero-order valence-electron chi connectivity index (χ0n) is 8.62. The van der Waals surface area contributed by atoms with E-state index in [2.05, 4.69) is 15.9 Å². The van der Waals surface area contributed by atoms with Gasteiger partial charge >= 0.3 is 0 Å². The molecule has 5 heteroatoms. The van der Waals surface area contributed by atoms with Crippen molar-refractivity contribution in [2.45, 2.75) is 13.5 Å². The molecule has 0 aliphatic heterocycles. The first-order valence-electron chi connectivity index (χ1n) is 4.42. The summed E-state index contributed by atoms with van der Waals surface area (Å²) >= 11 is 3.27. The molecule has 0 spiro atoms. The van der Waals surface area contributed by atoms with Crippen LogP contribution in [0.4, 0.5) is 0 Å². The summed E-state index contributed by atoms with van der Waals surface area (Å²) in [5.74, 6) is -0.128. The molecule has 0 saturated carbocycles. The standard InChI is InChI=1S/C10H12BrNO3/c1-7-3-8(11)4-12(10(7)14)5-9(13)6-15-2/h3-4H,5-6H2,1-2H3. The van der Waals surface area contributed by atoms with Crippen LogP contribution in [0, 0.1) is 6.92 Å². The van der Waals surface area contributed by atoms with Crippen molar-refractivity contribution in [3.8, 4) is 0 Å². The number of hydrogen-bond donors (Lipinski definition) is 0. The normalized spacial score (nSPS) is 10.3. The van der Waals surface area contributed by atoms with Crippen molar-refractivity contribution in [1.82, 2.24) is 4.57 Å². The first-order valence-corrected chi connectivity index (χ1v) is 5.21. The highest BCUT2D eigenvalue weighted by Gasteiger charge is 2.06. The van der Waals surface area contributed by atoms with Crippen LogP contribution in [-0.4, -0.2) is 24.1 Å². The third kappa shape index (κ3) is 3.28. The van der Waals surface area contributed by atoms with Gasteiger partial charge in [-0.1, -0.05) is 0 Å². The Labute approximate surface area is 96.0 Å². The average Bonchev–Trinajstić information content (AvgIpc) is 2.13. The number of Topliss-reactive ketones (excluding diaryl/α,β-unsaturated/α-hetero) is 1. The lowest BCUT2D eigenvalue weighted by molar-refractivity contribution is -0.123. The topological polar surface area (TPSA) is 48.3 Å². The first kappa shape index (κ1) is 12.1. The SMILES string of the molecule is COCC(=O)Cn1cc(Br)cc(C)c1=O. The quantitative estimate of drug-likeness (QED) is 0.827. The van der Waals surface area contributed by atoms with E-state index in [-0.39, 0.29) is 24.5 Å². The number of ketones is 1. The molecule has 0 saturated heterocycles. The maximum atomic E-state index is 11.6. The fraction of sp³-hybridized carbons (Fsp3) is 0.400. The van der Waals surface area contributed by atoms with Crippen LogP contribution in [0.3, 0.4) is 0 Å². The van der Waals surface area contributed by atoms with Crippen LogP contribution in [0.15, 0.2) is 21.5 Å². The average molecular weight is 274 g/mol. The molecule has 0 atom stereocenters. The second kappa shape index (κ2) is 5.23. The predicted molar refractivity (Wildman–Crippen MR) is 60.0 cm³/mol. The molecule has 1 aromatic heterocycles. The number of rotatable bonds is 4. The number of nitrogens with zero attached hydrogens (tertiary/aromatic N) is 1. The maximum Gasteiger partial charge on any atom is 0.253 e. The van der Waals surface area contributed by atoms with Crippen molar-refractivity contribution in [2.24, 2.45) is 0 Å². The number of aryl methyl sites for hydroxylation is 1. The summed E-state index contributed by atoms with van der Waals surface area (Å²) in [5, 5.41) is 0. The predicted octanol–water partition coefficient (Wildman–Crippen LogP) is 1.13. The summed E-state index contributed by atoms with van der Waals surface area (Å²) in [6.45, 7) is 1.79. The molecule has 0 aromatic carbocycles. The van der Waals surface area contributed by atoms with Crippen molar-refractivity contribution in [2.75, 3.05) is 13.7 Å². The molecule has 0 amide bonds. The van der Waals surface area contributed by atoms with Crippen LogP contribution in [0.2, 0.25) is 0 Å². The minimum atomic E-state index is -0.150. The third-order valence-corrected chi connectivity index (χ3v) is 2.32. The Morgan fingerprint density at radius 3 is 2.87 bits per heavy atom.